The fourth-order valence-electron chi connectivity index (χ4n) is 4.13. The number of esters is 4. The molecule has 0 amide bonds. The molecule has 1 rings (SSSR count). The van der Waals surface area contributed by atoms with Gasteiger partial charge in [-0.1, -0.05) is 16.3 Å². The topological polar surface area (TPSA) is 246 Å². The van der Waals surface area contributed by atoms with E-state index in [1.165, 1.54) is 45.9 Å². The molecule has 0 aromatic heterocycles. The number of rotatable bonds is 15. The number of nitro benzene ring substituents is 1. The smallest absolute Gasteiger partial charge is 0.315 e. The summed E-state index contributed by atoms with van der Waals surface area (Å²) < 4.78 is 21.3. The molecule has 0 saturated heterocycles. The molecule has 47 heavy (non-hydrogen) atoms. The van der Waals surface area contributed by atoms with Crippen LogP contribution in [-0.2, 0) is 51.3 Å². The number of carbonyl (C=O) groups excluding carboxylic acids is 4. The molecule has 0 aliphatic carbocycles. The zero-order valence-corrected chi connectivity index (χ0v) is 28.4. The predicted molar refractivity (Wildman–Crippen MR) is 167 cm³/mol. The monoisotopic (exact) mass is 661 g/mol. The molecule has 258 valence electrons. The summed E-state index contributed by atoms with van der Waals surface area (Å²) in [5.41, 5.74) is 12.9. The van der Waals surface area contributed by atoms with Crippen LogP contribution in [0.3, 0.4) is 0 Å². The summed E-state index contributed by atoms with van der Waals surface area (Å²) in [7, 11) is 0. The first-order valence-corrected chi connectivity index (χ1v) is 14.6. The van der Waals surface area contributed by atoms with Crippen molar-refractivity contribution in [2.24, 2.45) is 21.1 Å². The van der Waals surface area contributed by atoms with E-state index in [0.717, 1.165) is 0 Å². The fraction of sp³-hybridized carbons (Fsp3) is 0.667. The van der Waals surface area contributed by atoms with Gasteiger partial charge in [-0.2, -0.15) is 0 Å². The highest BCUT2D eigenvalue weighted by Crippen LogP contribution is 2.32. The molecule has 0 fully saturated rings. The average molecular weight is 662 g/mol. The standard InChI is InChI=1S/C30H43N7O10/c1-27(2,3)46-23(38)20(33-35-31)14-29(7,8)25(40)44-16-18-12-11-13-19(22(18)37(42)43)17-45-26(41)30(9,10)15-21(34-36-32)24(39)47-28(4,5)6/h11-13,20-21H,14-17H2,1-10H3. The third kappa shape index (κ3) is 13.2. The minimum Gasteiger partial charge on any atom is -0.460 e. The first-order chi connectivity index (χ1) is 21.4. The van der Waals surface area contributed by atoms with Crippen molar-refractivity contribution in [1.82, 2.24) is 0 Å². The van der Waals surface area contributed by atoms with Gasteiger partial charge in [0.15, 0.2) is 0 Å². The van der Waals surface area contributed by atoms with Gasteiger partial charge >= 0.3 is 23.9 Å². The molecule has 0 radical (unpaired) electrons. The number of para-hydroxylation sites is 1. The van der Waals surface area contributed by atoms with Crippen LogP contribution < -0.4 is 0 Å². The van der Waals surface area contributed by atoms with Crippen molar-refractivity contribution in [3.63, 3.8) is 0 Å². The lowest BCUT2D eigenvalue weighted by molar-refractivity contribution is -0.386. The Labute approximate surface area is 272 Å². The molecule has 2 unspecified atom stereocenters. The van der Waals surface area contributed by atoms with Crippen LogP contribution in [0.1, 0.15) is 93.2 Å². The highest BCUT2D eigenvalue weighted by molar-refractivity contribution is 5.81. The third-order valence-corrected chi connectivity index (χ3v) is 6.36. The second-order valence-corrected chi connectivity index (χ2v) is 14.0. The Bertz CT molecular complexity index is 1350. The van der Waals surface area contributed by atoms with Gasteiger partial charge in [0.25, 0.3) is 5.69 Å². The number of azide groups is 2. The fourth-order valence-corrected chi connectivity index (χ4v) is 4.13. The maximum atomic E-state index is 13.0. The van der Waals surface area contributed by atoms with Gasteiger partial charge in [0.2, 0.25) is 0 Å². The Morgan fingerprint density at radius 1 is 0.745 bits per heavy atom. The van der Waals surface area contributed by atoms with Gasteiger partial charge in [0, 0.05) is 9.82 Å². The summed E-state index contributed by atoms with van der Waals surface area (Å²) in [5.74, 6) is -3.30. The highest BCUT2D eigenvalue weighted by atomic mass is 16.6. The number of nitrogens with zero attached hydrogens (tertiary/aromatic N) is 7. The Balaban J connectivity index is 3.10. The Kier molecular flexibility index (Phi) is 13.8. The van der Waals surface area contributed by atoms with Crippen molar-refractivity contribution in [3.05, 3.63) is 60.3 Å². The number of benzene rings is 1. The molecule has 0 spiro atoms. The minimum atomic E-state index is -1.37. The van der Waals surface area contributed by atoms with E-state index >= 15 is 0 Å². The quantitative estimate of drug-likeness (QED) is 0.0372. The van der Waals surface area contributed by atoms with Crippen LogP contribution >= 0.6 is 0 Å². The molecule has 2 atom stereocenters. The normalized spacial score (nSPS) is 13.1. The lowest BCUT2D eigenvalue weighted by Crippen LogP contribution is -2.37. The van der Waals surface area contributed by atoms with Crippen molar-refractivity contribution < 1.29 is 43.0 Å². The van der Waals surface area contributed by atoms with Gasteiger partial charge < -0.3 is 18.9 Å². The van der Waals surface area contributed by atoms with Crippen LogP contribution in [0.5, 0.6) is 0 Å². The summed E-state index contributed by atoms with van der Waals surface area (Å²) >= 11 is 0. The SMILES string of the molecule is CC(C)(C)OC(=O)C(CC(C)(C)C(=O)OCc1cccc(COC(=O)C(C)(C)CC(N=[N+]=[N-])C(=O)OC(C)(C)C)c1[N+](=O)[O-])N=[N+]=[N-]. The zero-order valence-electron chi connectivity index (χ0n) is 28.4. The second-order valence-electron chi connectivity index (χ2n) is 14.0. The number of hydrogen-bond donors (Lipinski definition) is 0. The number of ether oxygens (including phenoxy) is 4. The van der Waals surface area contributed by atoms with Crippen molar-refractivity contribution in [2.45, 2.75) is 119 Å². The van der Waals surface area contributed by atoms with E-state index in [4.69, 9.17) is 30.0 Å². The van der Waals surface area contributed by atoms with Gasteiger partial charge in [-0.05, 0) is 105 Å². The van der Waals surface area contributed by atoms with Crippen LogP contribution in [0.2, 0.25) is 0 Å². The molecular formula is C30H43N7O10. The molecule has 0 aliphatic rings. The molecular weight excluding hydrogens is 618 g/mol. The maximum Gasteiger partial charge on any atom is 0.315 e. The molecule has 0 aliphatic heterocycles. The van der Waals surface area contributed by atoms with Crippen LogP contribution in [0.4, 0.5) is 5.69 Å². The number of carbonyl (C=O) groups is 4. The van der Waals surface area contributed by atoms with Crippen LogP contribution in [0, 0.1) is 20.9 Å². The lowest BCUT2D eigenvalue weighted by atomic mass is 9.86. The molecule has 17 nitrogen and oxygen atoms in total. The van der Waals surface area contributed by atoms with E-state index in [9.17, 15) is 29.3 Å². The average Bonchev–Trinajstić information content (AvgIpc) is 2.91. The summed E-state index contributed by atoms with van der Waals surface area (Å²) in [6.45, 7) is 14.6. The van der Waals surface area contributed by atoms with Gasteiger partial charge in [-0.25, -0.2) is 0 Å². The minimum absolute atomic E-state index is 0.000885. The third-order valence-electron chi connectivity index (χ3n) is 6.36. The van der Waals surface area contributed by atoms with Gasteiger partial charge in [0.1, 0.15) is 36.5 Å². The molecule has 0 N–H and O–H groups in total. The largest absolute Gasteiger partial charge is 0.460 e. The Morgan fingerprint density at radius 3 is 1.36 bits per heavy atom. The first-order valence-electron chi connectivity index (χ1n) is 14.6. The van der Waals surface area contributed by atoms with E-state index in [-0.39, 0.29) is 24.0 Å². The van der Waals surface area contributed by atoms with Crippen LogP contribution in [0.15, 0.2) is 28.4 Å². The molecule has 17 heteroatoms. The Morgan fingerprint density at radius 2 is 1.09 bits per heavy atom. The van der Waals surface area contributed by atoms with Crippen LogP contribution in [0.25, 0.3) is 20.9 Å². The van der Waals surface area contributed by atoms with Gasteiger partial charge in [0.05, 0.1) is 26.9 Å². The molecule has 0 saturated carbocycles. The maximum absolute atomic E-state index is 13.0. The van der Waals surface area contributed by atoms with E-state index in [0.29, 0.717) is 0 Å². The highest BCUT2D eigenvalue weighted by Gasteiger charge is 2.38. The van der Waals surface area contributed by atoms with E-state index in [2.05, 4.69) is 20.1 Å². The molecule has 0 bridgehead atoms. The van der Waals surface area contributed by atoms with Crippen LogP contribution in [-0.4, -0.2) is 52.1 Å². The van der Waals surface area contributed by atoms with E-state index < -0.39 is 81.8 Å². The molecule has 1 aromatic carbocycles. The zero-order chi connectivity index (χ0) is 36.4. The molecule has 1 aromatic rings. The second kappa shape index (κ2) is 16.1. The summed E-state index contributed by atoms with van der Waals surface area (Å²) in [4.78, 5) is 67.8. The summed E-state index contributed by atoms with van der Waals surface area (Å²) in [6.07, 6.45) is -0.514. The van der Waals surface area contributed by atoms with E-state index in [1.807, 2.05) is 0 Å². The predicted octanol–water partition coefficient (Wildman–Crippen LogP) is 6.56. The Hall–Kier alpha value is -4.88. The van der Waals surface area contributed by atoms with Crippen molar-refractivity contribution in [2.75, 3.05) is 0 Å². The van der Waals surface area contributed by atoms with E-state index in [1.54, 1.807) is 41.5 Å². The van der Waals surface area contributed by atoms with Gasteiger partial charge in [-0.15, -0.1) is 0 Å². The summed E-state index contributed by atoms with van der Waals surface area (Å²) in [6, 6.07) is 1.52. The first kappa shape index (κ1) is 40.1. The van der Waals surface area contributed by atoms with Crippen molar-refractivity contribution >= 4 is 29.6 Å². The lowest BCUT2D eigenvalue weighted by Gasteiger charge is -2.27. The number of nitro groups is 1. The molecule has 0 heterocycles. The van der Waals surface area contributed by atoms with Crippen molar-refractivity contribution in [1.29, 1.82) is 0 Å². The summed E-state index contributed by atoms with van der Waals surface area (Å²) in [5, 5.41) is 19.0. The van der Waals surface area contributed by atoms with Crippen molar-refractivity contribution in [3.8, 4) is 0 Å². The number of hydrogen-bond acceptors (Lipinski definition) is 12. The van der Waals surface area contributed by atoms with Gasteiger partial charge in [-0.3, -0.25) is 29.3 Å².